The van der Waals surface area contributed by atoms with Crippen molar-refractivity contribution in [2.75, 3.05) is 31.1 Å². The van der Waals surface area contributed by atoms with E-state index in [-0.39, 0.29) is 5.75 Å². The number of halogens is 1. The van der Waals surface area contributed by atoms with Crippen LogP contribution in [0.15, 0.2) is 60.2 Å². The van der Waals surface area contributed by atoms with Gasteiger partial charge in [-0.05, 0) is 42.3 Å². The molecule has 0 saturated carbocycles. The second-order valence-corrected chi connectivity index (χ2v) is 6.45. The third kappa shape index (κ3) is 4.34. The minimum Gasteiger partial charge on any atom is -0.507 e. The molecular formula is C20H22ClN3O. The highest BCUT2D eigenvalue weighted by Crippen LogP contribution is 2.22. The molecule has 1 fully saturated rings. The topological polar surface area (TPSA) is 39.1 Å². The first kappa shape index (κ1) is 17.4. The van der Waals surface area contributed by atoms with Crippen LogP contribution in [0.2, 0.25) is 5.02 Å². The summed E-state index contributed by atoms with van der Waals surface area (Å²) in [7, 11) is 0. The van der Waals surface area contributed by atoms with Crippen LogP contribution in [-0.2, 0) is 6.42 Å². The Morgan fingerprint density at radius 1 is 1.08 bits per heavy atom. The number of para-hydroxylation sites is 1. The molecule has 1 N–H and O–H groups in total. The van der Waals surface area contributed by atoms with Crippen LogP contribution in [0.5, 0.6) is 5.75 Å². The van der Waals surface area contributed by atoms with Crippen LogP contribution >= 0.6 is 11.6 Å². The van der Waals surface area contributed by atoms with Gasteiger partial charge in [-0.1, -0.05) is 29.8 Å². The van der Waals surface area contributed by atoms with Gasteiger partial charge in [0, 0.05) is 29.4 Å². The smallest absolute Gasteiger partial charge is 0.127 e. The van der Waals surface area contributed by atoms with E-state index in [1.54, 1.807) is 12.3 Å². The van der Waals surface area contributed by atoms with Gasteiger partial charge < -0.3 is 10.0 Å². The number of hydrogen-bond donors (Lipinski definition) is 1. The Bertz CT molecular complexity index is 750. The Balaban J connectivity index is 1.60. The van der Waals surface area contributed by atoms with Crippen LogP contribution in [0.1, 0.15) is 11.1 Å². The van der Waals surface area contributed by atoms with E-state index in [0.717, 1.165) is 42.3 Å². The zero-order valence-corrected chi connectivity index (χ0v) is 14.9. The van der Waals surface area contributed by atoms with E-state index in [9.17, 15) is 5.11 Å². The van der Waals surface area contributed by atoms with Gasteiger partial charge in [-0.2, -0.15) is 5.10 Å². The zero-order chi connectivity index (χ0) is 17.6. The first-order chi connectivity index (χ1) is 12.2. The van der Waals surface area contributed by atoms with E-state index in [2.05, 4.69) is 16.6 Å². The van der Waals surface area contributed by atoms with Crippen LogP contribution in [0, 0.1) is 0 Å². The number of phenolic OH excluding ortho intramolecular Hbond substituents is 1. The highest BCUT2D eigenvalue weighted by atomic mass is 35.5. The lowest BCUT2D eigenvalue weighted by atomic mass is 10.1. The van der Waals surface area contributed by atoms with Gasteiger partial charge >= 0.3 is 0 Å². The molecule has 1 heterocycles. The van der Waals surface area contributed by atoms with E-state index < -0.39 is 0 Å². The van der Waals surface area contributed by atoms with Gasteiger partial charge in [-0.15, -0.1) is 6.58 Å². The maximum Gasteiger partial charge on any atom is 0.127 e. The van der Waals surface area contributed by atoms with E-state index in [0.29, 0.717) is 6.42 Å². The summed E-state index contributed by atoms with van der Waals surface area (Å²) in [6.45, 7) is 7.21. The molecule has 1 saturated heterocycles. The summed E-state index contributed by atoms with van der Waals surface area (Å²) in [5.41, 5.74) is 2.79. The molecule has 130 valence electrons. The molecular weight excluding hydrogens is 334 g/mol. The van der Waals surface area contributed by atoms with Gasteiger partial charge in [0.1, 0.15) is 5.75 Å². The number of nitrogens with zero attached hydrogens (tertiary/aromatic N) is 3. The average molecular weight is 356 g/mol. The molecule has 2 aromatic rings. The summed E-state index contributed by atoms with van der Waals surface area (Å²) in [6, 6.07) is 13.6. The lowest BCUT2D eigenvalue weighted by Crippen LogP contribution is -2.44. The molecule has 4 nitrogen and oxygen atoms in total. The van der Waals surface area contributed by atoms with Gasteiger partial charge in [0.05, 0.1) is 19.3 Å². The SMILES string of the molecule is C=CCc1cccc(/C=N\N2CCN(c3ccc(Cl)cc3)CC2)c1O. The Morgan fingerprint density at radius 2 is 1.80 bits per heavy atom. The number of allylic oxidation sites excluding steroid dienone is 1. The van der Waals surface area contributed by atoms with Crippen molar-refractivity contribution in [3.63, 3.8) is 0 Å². The maximum atomic E-state index is 10.3. The lowest BCUT2D eigenvalue weighted by molar-refractivity contribution is 0.272. The number of hydrazone groups is 1. The standard InChI is InChI=1S/C20H22ClN3O/c1-2-4-16-5-3-6-17(20(16)25)15-22-24-13-11-23(12-14-24)19-9-7-18(21)8-10-19/h2-3,5-10,15,25H,1,4,11-14H2/b22-15-. The van der Waals surface area contributed by atoms with Gasteiger partial charge in [0.2, 0.25) is 0 Å². The molecule has 0 amide bonds. The van der Waals surface area contributed by atoms with Gasteiger partial charge in [0.15, 0.2) is 0 Å². The Hall–Kier alpha value is -2.46. The summed E-state index contributed by atoms with van der Waals surface area (Å²) in [5, 5.41) is 17.6. The molecule has 0 atom stereocenters. The molecule has 5 heteroatoms. The molecule has 0 unspecified atom stereocenters. The molecule has 0 radical (unpaired) electrons. The number of aromatic hydroxyl groups is 1. The van der Waals surface area contributed by atoms with Crippen LogP contribution < -0.4 is 4.90 Å². The molecule has 2 aromatic carbocycles. The van der Waals surface area contributed by atoms with Crippen molar-refractivity contribution >= 4 is 23.5 Å². The fourth-order valence-electron chi connectivity index (χ4n) is 2.90. The minimum absolute atomic E-state index is 0.283. The van der Waals surface area contributed by atoms with Gasteiger partial charge in [0.25, 0.3) is 0 Å². The summed E-state index contributed by atoms with van der Waals surface area (Å²) < 4.78 is 0. The average Bonchev–Trinajstić information content (AvgIpc) is 2.64. The van der Waals surface area contributed by atoms with Gasteiger partial charge in [-0.25, -0.2) is 0 Å². The fraction of sp³-hybridized carbons (Fsp3) is 0.250. The number of rotatable bonds is 5. The van der Waals surface area contributed by atoms with Crippen molar-refractivity contribution in [3.05, 3.63) is 71.3 Å². The molecule has 0 aliphatic carbocycles. The number of piperazine rings is 1. The third-order valence-corrected chi connectivity index (χ3v) is 4.57. The molecule has 25 heavy (non-hydrogen) atoms. The number of phenols is 1. The summed E-state index contributed by atoms with van der Waals surface area (Å²) >= 11 is 5.95. The van der Waals surface area contributed by atoms with Crippen molar-refractivity contribution < 1.29 is 5.11 Å². The normalized spacial score (nSPS) is 14.9. The van der Waals surface area contributed by atoms with Crippen LogP contribution in [0.4, 0.5) is 5.69 Å². The minimum atomic E-state index is 0.283. The zero-order valence-electron chi connectivity index (χ0n) is 14.1. The van der Waals surface area contributed by atoms with E-state index >= 15 is 0 Å². The Morgan fingerprint density at radius 3 is 2.48 bits per heavy atom. The van der Waals surface area contributed by atoms with E-state index in [1.807, 2.05) is 47.5 Å². The summed E-state index contributed by atoms with van der Waals surface area (Å²) in [6.07, 6.45) is 4.17. The third-order valence-electron chi connectivity index (χ3n) is 4.32. The molecule has 1 aliphatic heterocycles. The lowest BCUT2D eigenvalue weighted by Gasteiger charge is -2.34. The highest BCUT2D eigenvalue weighted by Gasteiger charge is 2.15. The summed E-state index contributed by atoms with van der Waals surface area (Å²) in [5.74, 6) is 0.283. The monoisotopic (exact) mass is 355 g/mol. The summed E-state index contributed by atoms with van der Waals surface area (Å²) in [4.78, 5) is 2.32. The first-order valence-corrected chi connectivity index (χ1v) is 8.76. The van der Waals surface area contributed by atoms with Crippen LogP contribution in [0.25, 0.3) is 0 Å². The number of anilines is 1. The predicted octanol–water partition coefficient (Wildman–Crippen LogP) is 3.93. The van der Waals surface area contributed by atoms with Crippen LogP contribution in [0.3, 0.4) is 0 Å². The quantitative estimate of drug-likeness (QED) is 0.652. The number of benzene rings is 2. The Kier molecular flexibility index (Phi) is 5.61. The van der Waals surface area contributed by atoms with Crippen molar-refractivity contribution in [2.24, 2.45) is 5.10 Å². The second-order valence-electron chi connectivity index (χ2n) is 6.01. The molecule has 0 spiro atoms. The molecule has 0 bridgehead atoms. The van der Waals surface area contributed by atoms with Crippen molar-refractivity contribution in [3.8, 4) is 5.75 Å². The number of hydrogen-bond acceptors (Lipinski definition) is 4. The molecule has 1 aliphatic rings. The van der Waals surface area contributed by atoms with E-state index in [4.69, 9.17) is 11.6 Å². The van der Waals surface area contributed by atoms with Crippen LogP contribution in [-0.4, -0.2) is 42.5 Å². The second kappa shape index (κ2) is 8.08. The Labute approximate surface area is 153 Å². The van der Waals surface area contributed by atoms with Gasteiger partial charge in [-0.3, -0.25) is 5.01 Å². The molecule has 3 rings (SSSR count). The van der Waals surface area contributed by atoms with E-state index in [1.165, 1.54) is 5.69 Å². The predicted molar refractivity (Wildman–Crippen MR) is 105 cm³/mol. The van der Waals surface area contributed by atoms with Crippen molar-refractivity contribution in [1.82, 2.24) is 5.01 Å². The largest absolute Gasteiger partial charge is 0.507 e. The van der Waals surface area contributed by atoms with Crippen molar-refractivity contribution in [2.45, 2.75) is 6.42 Å². The first-order valence-electron chi connectivity index (χ1n) is 8.38. The molecule has 0 aromatic heterocycles. The maximum absolute atomic E-state index is 10.3. The van der Waals surface area contributed by atoms with Crippen molar-refractivity contribution in [1.29, 1.82) is 0 Å². The highest BCUT2D eigenvalue weighted by molar-refractivity contribution is 6.30. The fourth-order valence-corrected chi connectivity index (χ4v) is 3.03.